The van der Waals surface area contributed by atoms with Gasteiger partial charge in [-0.05, 0) is 26.3 Å². The number of ether oxygens (including phenoxy) is 2. The Balaban J connectivity index is 2.29. The number of rotatable bonds is 4. The zero-order valence-corrected chi connectivity index (χ0v) is 16.1. The van der Waals surface area contributed by atoms with Crippen molar-refractivity contribution in [3.63, 3.8) is 0 Å². The normalized spacial score (nSPS) is 23.2. The van der Waals surface area contributed by atoms with Crippen LogP contribution in [0.4, 0.5) is 0 Å². The van der Waals surface area contributed by atoms with E-state index in [-0.39, 0.29) is 13.0 Å². The first-order valence-corrected chi connectivity index (χ1v) is 9.61. The van der Waals surface area contributed by atoms with Crippen LogP contribution in [0.3, 0.4) is 0 Å². The lowest BCUT2D eigenvalue weighted by Crippen LogP contribution is -2.61. The number of carbonyl (C=O) groups excluding carboxylic acids is 2. The van der Waals surface area contributed by atoms with E-state index in [0.29, 0.717) is 5.56 Å². The Morgan fingerprint density at radius 1 is 1.19 bits per heavy atom. The van der Waals surface area contributed by atoms with Gasteiger partial charge in [-0.3, -0.25) is 9.59 Å². The van der Waals surface area contributed by atoms with Crippen molar-refractivity contribution in [3.05, 3.63) is 35.9 Å². The first-order valence-electron chi connectivity index (χ1n) is 8.17. The van der Waals surface area contributed by atoms with Crippen molar-refractivity contribution in [1.29, 1.82) is 0 Å². The zero-order chi connectivity index (χ0) is 19.5. The van der Waals surface area contributed by atoms with Crippen LogP contribution < -0.4 is 4.72 Å². The van der Waals surface area contributed by atoms with Gasteiger partial charge in [0.05, 0.1) is 7.11 Å². The standard InChI is InChI=1S/C17H24N2O6S/c1-17(2,3)25-15(20)13-10-14(16(21)24-4)19(26(22,23)18-13)11-12-8-6-5-7-9-12/h5-9,13-14,18H,10-11H2,1-4H3/t13-,14-/m0/s1. The summed E-state index contributed by atoms with van der Waals surface area (Å²) in [6.45, 7) is 5.03. The quantitative estimate of drug-likeness (QED) is 0.777. The summed E-state index contributed by atoms with van der Waals surface area (Å²) in [4.78, 5) is 24.5. The molecule has 1 saturated heterocycles. The van der Waals surface area contributed by atoms with Crippen LogP contribution in [-0.4, -0.2) is 49.5 Å². The van der Waals surface area contributed by atoms with Gasteiger partial charge in [0, 0.05) is 13.0 Å². The molecular weight excluding hydrogens is 360 g/mol. The summed E-state index contributed by atoms with van der Waals surface area (Å²) < 4.78 is 38.7. The van der Waals surface area contributed by atoms with Gasteiger partial charge in [-0.15, -0.1) is 0 Å². The lowest BCUT2D eigenvalue weighted by molar-refractivity contribution is -0.158. The fourth-order valence-electron chi connectivity index (χ4n) is 2.63. The third kappa shape index (κ3) is 5.03. The first-order chi connectivity index (χ1) is 12.0. The maximum Gasteiger partial charge on any atom is 0.324 e. The molecule has 0 radical (unpaired) electrons. The summed E-state index contributed by atoms with van der Waals surface area (Å²) in [5.74, 6) is -1.45. The Morgan fingerprint density at radius 2 is 1.81 bits per heavy atom. The number of nitrogens with one attached hydrogen (secondary N) is 1. The van der Waals surface area contributed by atoms with E-state index >= 15 is 0 Å². The topological polar surface area (TPSA) is 102 Å². The lowest BCUT2D eigenvalue weighted by atomic mass is 10.1. The van der Waals surface area contributed by atoms with Crippen molar-refractivity contribution in [2.75, 3.05) is 7.11 Å². The van der Waals surface area contributed by atoms with E-state index in [9.17, 15) is 18.0 Å². The van der Waals surface area contributed by atoms with Crippen LogP contribution in [0.5, 0.6) is 0 Å². The molecule has 0 bridgehead atoms. The molecule has 26 heavy (non-hydrogen) atoms. The molecular formula is C17H24N2O6S. The molecule has 0 aliphatic carbocycles. The van der Waals surface area contributed by atoms with E-state index in [1.165, 1.54) is 7.11 Å². The molecule has 1 N–H and O–H groups in total. The SMILES string of the molecule is COC(=O)[C@@H]1C[C@@H](C(=O)OC(C)(C)C)NS(=O)(=O)N1Cc1ccccc1. The third-order valence-corrected chi connectivity index (χ3v) is 5.34. The molecule has 1 aromatic carbocycles. The number of hydrogen-bond acceptors (Lipinski definition) is 6. The Morgan fingerprint density at radius 3 is 2.35 bits per heavy atom. The lowest BCUT2D eigenvalue weighted by Gasteiger charge is -2.37. The molecule has 0 amide bonds. The molecule has 1 heterocycles. The summed E-state index contributed by atoms with van der Waals surface area (Å²) >= 11 is 0. The van der Waals surface area contributed by atoms with Crippen LogP contribution in [0, 0.1) is 0 Å². The molecule has 0 spiro atoms. The molecule has 9 heteroatoms. The smallest absolute Gasteiger partial charge is 0.324 e. The summed E-state index contributed by atoms with van der Waals surface area (Å²) in [5, 5.41) is 0. The number of esters is 2. The van der Waals surface area contributed by atoms with Crippen molar-refractivity contribution in [2.24, 2.45) is 0 Å². The second kappa shape index (κ2) is 7.73. The molecule has 0 saturated carbocycles. The summed E-state index contributed by atoms with van der Waals surface area (Å²) in [6, 6.07) is 6.59. The minimum Gasteiger partial charge on any atom is -0.468 e. The molecule has 144 valence electrons. The average Bonchev–Trinajstić information content (AvgIpc) is 2.54. The van der Waals surface area contributed by atoms with E-state index in [4.69, 9.17) is 9.47 Å². The van der Waals surface area contributed by atoms with Gasteiger partial charge in [-0.1, -0.05) is 30.3 Å². The van der Waals surface area contributed by atoms with Crippen LogP contribution in [0.2, 0.25) is 0 Å². The largest absolute Gasteiger partial charge is 0.468 e. The fraction of sp³-hybridized carbons (Fsp3) is 0.529. The number of methoxy groups -OCH3 is 1. The second-order valence-corrected chi connectivity index (χ2v) is 8.67. The molecule has 0 aromatic heterocycles. The highest BCUT2D eigenvalue weighted by Crippen LogP contribution is 2.24. The Bertz CT molecular complexity index is 757. The van der Waals surface area contributed by atoms with Crippen LogP contribution in [0.15, 0.2) is 30.3 Å². The van der Waals surface area contributed by atoms with E-state index in [1.807, 2.05) is 6.07 Å². The molecule has 2 atom stereocenters. The third-order valence-electron chi connectivity index (χ3n) is 3.75. The number of hydrogen-bond donors (Lipinski definition) is 1. The van der Waals surface area contributed by atoms with Gasteiger partial charge in [0.15, 0.2) is 0 Å². The first kappa shape index (κ1) is 20.3. The van der Waals surface area contributed by atoms with Crippen molar-refractivity contribution in [3.8, 4) is 0 Å². The predicted octanol–water partition coefficient (Wildman–Crippen LogP) is 0.979. The molecule has 0 unspecified atom stereocenters. The molecule has 1 aromatic rings. The van der Waals surface area contributed by atoms with Gasteiger partial charge in [-0.2, -0.15) is 17.4 Å². The van der Waals surface area contributed by atoms with Crippen molar-refractivity contribution in [2.45, 2.75) is 51.4 Å². The van der Waals surface area contributed by atoms with Crippen molar-refractivity contribution >= 4 is 22.1 Å². The van der Waals surface area contributed by atoms with Crippen LogP contribution in [0.1, 0.15) is 32.8 Å². The van der Waals surface area contributed by atoms with Crippen LogP contribution in [0.25, 0.3) is 0 Å². The van der Waals surface area contributed by atoms with Gasteiger partial charge in [-0.25, -0.2) is 0 Å². The van der Waals surface area contributed by atoms with E-state index < -0.39 is 39.8 Å². The maximum atomic E-state index is 12.7. The molecule has 8 nitrogen and oxygen atoms in total. The minimum atomic E-state index is -4.09. The second-order valence-electron chi connectivity index (χ2n) is 7.01. The summed E-state index contributed by atoms with van der Waals surface area (Å²) in [6.07, 6.45) is -0.0757. The number of carbonyl (C=O) groups is 2. The van der Waals surface area contributed by atoms with Crippen LogP contribution >= 0.6 is 0 Å². The highest BCUT2D eigenvalue weighted by Gasteiger charge is 2.46. The molecule has 1 fully saturated rings. The van der Waals surface area contributed by atoms with Gasteiger partial charge < -0.3 is 9.47 Å². The molecule has 1 aliphatic heterocycles. The highest BCUT2D eigenvalue weighted by atomic mass is 32.2. The summed E-state index contributed by atoms with van der Waals surface area (Å²) in [5.41, 5.74) is -0.0627. The van der Waals surface area contributed by atoms with Crippen LogP contribution in [-0.2, 0) is 35.8 Å². The van der Waals surface area contributed by atoms with Gasteiger partial charge in [0.25, 0.3) is 10.2 Å². The van der Waals surface area contributed by atoms with E-state index in [0.717, 1.165) is 4.31 Å². The minimum absolute atomic E-state index is 0.0169. The number of benzene rings is 1. The number of nitrogens with zero attached hydrogens (tertiary/aromatic N) is 1. The monoisotopic (exact) mass is 384 g/mol. The Hall–Kier alpha value is -1.97. The maximum absolute atomic E-state index is 12.7. The predicted molar refractivity (Wildman–Crippen MR) is 94.1 cm³/mol. The Kier molecular flexibility index (Phi) is 6.05. The highest BCUT2D eigenvalue weighted by molar-refractivity contribution is 7.87. The Labute approximate surface area is 153 Å². The fourth-order valence-corrected chi connectivity index (χ4v) is 4.14. The molecule has 2 rings (SSSR count). The van der Waals surface area contributed by atoms with Gasteiger partial charge in [0.2, 0.25) is 0 Å². The van der Waals surface area contributed by atoms with Crippen molar-refractivity contribution in [1.82, 2.24) is 9.03 Å². The molecule has 1 aliphatic rings. The summed E-state index contributed by atoms with van der Waals surface area (Å²) in [7, 11) is -2.91. The van der Waals surface area contributed by atoms with Gasteiger partial charge >= 0.3 is 11.9 Å². The average molecular weight is 384 g/mol. The van der Waals surface area contributed by atoms with Gasteiger partial charge in [0.1, 0.15) is 17.7 Å². The van der Waals surface area contributed by atoms with E-state index in [1.54, 1.807) is 45.0 Å². The van der Waals surface area contributed by atoms with E-state index in [2.05, 4.69) is 4.72 Å². The van der Waals surface area contributed by atoms with Crippen molar-refractivity contribution < 1.29 is 27.5 Å². The zero-order valence-electron chi connectivity index (χ0n) is 15.3.